The molecule has 0 aliphatic carbocycles. The summed E-state index contributed by atoms with van der Waals surface area (Å²) in [6, 6.07) is 4.13. The Labute approximate surface area is 162 Å². The van der Waals surface area contributed by atoms with Gasteiger partial charge in [-0.1, -0.05) is 0 Å². The van der Waals surface area contributed by atoms with Crippen molar-refractivity contribution >= 4 is 29.9 Å². The Bertz CT molecular complexity index is 471. The number of rotatable bonds is 6. The molecule has 7 heteroatoms. The van der Waals surface area contributed by atoms with Gasteiger partial charge in [0, 0.05) is 33.3 Å². The maximum absolute atomic E-state index is 5.72. The molecule has 1 aromatic rings. The molecule has 2 rings (SSSR count). The molecule has 1 aromatic heterocycles. The van der Waals surface area contributed by atoms with Crippen molar-refractivity contribution in [1.29, 1.82) is 0 Å². The van der Waals surface area contributed by atoms with Crippen molar-refractivity contribution in [3.63, 3.8) is 0 Å². The van der Waals surface area contributed by atoms with Gasteiger partial charge in [0.1, 0.15) is 5.76 Å². The highest BCUT2D eigenvalue weighted by Crippen LogP contribution is 2.18. The smallest absolute Gasteiger partial charge is 0.193 e. The van der Waals surface area contributed by atoms with Crippen LogP contribution in [0.15, 0.2) is 27.8 Å². The first kappa shape index (κ1) is 21.2. The number of nitrogens with one attached hydrogen (secondary N) is 1. The lowest BCUT2D eigenvalue weighted by atomic mass is 10.1. The van der Waals surface area contributed by atoms with E-state index in [4.69, 9.17) is 9.15 Å². The number of furan rings is 1. The fraction of sp³-hybridized carbons (Fsp3) is 0.706. The minimum Gasteiger partial charge on any atom is -0.468 e. The van der Waals surface area contributed by atoms with Crippen LogP contribution in [0.5, 0.6) is 0 Å². The predicted molar refractivity (Wildman–Crippen MR) is 108 cm³/mol. The maximum atomic E-state index is 5.72. The molecule has 1 fully saturated rings. The molecule has 0 bridgehead atoms. The van der Waals surface area contributed by atoms with E-state index in [9.17, 15) is 0 Å². The SMILES string of the molecule is CCOC1CCN(C(=NC)NCC(c2ccco2)N(C)C)CC1.I. The molecule has 6 nitrogen and oxygen atoms in total. The number of ether oxygens (including phenoxy) is 1. The van der Waals surface area contributed by atoms with Gasteiger partial charge in [-0.2, -0.15) is 0 Å². The highest BCUT2D eigenvalue weighted by Gasteiger charge is 2.23. The highest BCUT2D eigenvalue weighted by atomic mass is 127. The Morgan fingerprint density at radius 1 is 1.46 bits per heavy atom. The fourth-order valence-corrected chi connectivity index (χ4v) is 3.01. The molecular weight excluding hydrogens is 419 g/mol. The van der Waals surface area contributed by atoms with E-state index < -0.39 is 0 Å². The first-order chi connectivity index (χ1) is 11.2. The second-order valence-corrected chi connectivity index (χ2v) is 6.06. The standard InChI is InChI=1S/C17H30N4O2.HI/c1-5-22-14-8-10-21(11-9-14)17(18-2)19-13-15(20(3)4)16-7-6-12-23-16;/h6-7,12,14-15H,5,8-11,13H2,1-4H3,(H,18,19);1H. The number of hydrogen-bond acceptors (Lipinski definition) is 4. The Balaban J connectivity index is 0.00000288. The largest absolute Gasteiger partial charge is 0.468 e. The Morgan fingerprint density at radius 3 is 2.67 bits per heavy atom. The predicted octanol–water partition coefficient (Wildman–Crippen LogP) is 2.58. The zero-order chi connectivity index (χ0) is 16.7. The average Bonchev–Trinajstić information content (AvgIpc) is 3.06. The summed E-state index contributed by atoms with van der Waals surface area (Å²) in [6.07, 6.45) is 4.24. The number of likely N-dealkylation sites (N-methyl/N-ethyl adjacent to an activating group) is 1. The second kappa shape index (κ2) is 10.9. The van der Waals surface area contributed by atoms with E-state index in [-0.39, 0.29) is 30.0 Å². The summed E-state index contributed by atoms with van der Waals surface area (Å²) < 4.78 is 11.3. The van der Waals surface area contributed by atoms with Gasteiger partial charge in [0.2, 0.25) is 0 Å². The summed E-state index contributed by atoms with van der Waals surface area (Å²) in [5, 5.41) is 3.49. The van der Waals surface area contributed by atoms with E-state index in [0.717, 1.165) is 50.8 Å². The Kier molecular flexibility index (Phi) is 9.68. The van der Waals surface area contributed by atoms with Crippen LogP contribution in [0.1, 0.15) is 31.6 Å². The molecule has 0 amide bonds. The van der Waals surface area contributed by atoms with Crippen LogP contribution in [0.3, 0.4) is 0 Å². The van der Waals surface area contributed by atoms with E-state index in [1.165, 1.54) is 0 Å². The number of guanidine groups is 1. The number of piperidine rings is 1. The van der Waals surface area contributed by atoms with Crippen LogP contribution in [-0.2, 0) is 4.74 Å². The van der Waals surface area contributed by atoms with Crippen molar-refractivity contribution in [2.45, 2.75) is 31.9 Å². The molecule has 1 aliphatic rings. The highest BCUT2D eigenvalue weighted by molar-refractivity contribution is 14.0. The van der Waals surface area contributed by atoms with Crippen LogP contribution in [-0.4, -0.2) is 69.2 Å². The molecular formula is C17H31IN4O2. The number of aliphatic imine (C=N–C) groups is 1. The van der Waals surface area contributed by atoms with E-state index in [1.807, 2.05) is 19.2 Å². The number of nitrogens with zero attached hydrogens (tertiary/aromatic N) is 3. The van der Waals surface area contributed by atoms with E-state index in [1.54, 1.807) is 6.26 Å². The molecule has 1 unspecified atom stereocenters. The van der Waals surface area contributed by atoms with Crippen molar-refractivity contribution in [2.24, 2.45) is 4.99 Å². The Morgan fingerprint density at radius 2 is 2.17 bits per heavy atom. The summed E-state index contributed by atoms with van der Waals surface area (Å²) in [6.45, 7) is 5.59. The molecule has 138 valence electrons. The third kappa shape index (κ3) is 5.93. The summed E-state index contributed by atoms with van der Waals surface area (Å²) in [5.74, 6) is 1.92. The molecule has 1 aliphatic heterocycles. The van der Waals surface area contributed by atoms with Gasteiger partial charge in [-0.05, 0) is 46.0 Å². The van der Waals surface area contributed by atoms with Gasteiger partial charge in [-0.25, -0.2) is 0 Å². The molecule has 0 aromatic carbocycles. The molecule has 24 heavy (non-hydrogen) atoms. The summed E-state index contributed by atoms with van der Waals surface area (Å²) in [4.78, 5) is 8.90. The second-order valence-electron chi connectivity index (χ2n) is 6.06. The fourth-order valence-electron chi connectivity index (χ4n) is 3.01. The van der Waals surface area contributed by atoms with Crippen molar-refractivity contribution < 1.29 is 9.15 Å². The lowest BCUT2D eigenvalue weighted by molar-refractivity contribution is 0.0263. The van der Waals surface area contributed by atoms with Crippen LogP contribution in [0.2, 0.25) is 0 Å². The molecule has 1 saturated heterocycles. The third-order valence-electron chi connectivity index (χ3n) is 4.30. The van der Waals surface area contributed by atoms with Gasteiger partial charge in [0.25, 0.3) is 0 Å². The molecule has 2 heterocycles. The number of likely N-dealkylation sites (tertiary alicyclic amines) is 1. The molecule has 0 radical (unpaired) electrons. The van der Waals surface area contributed by atoms with Gasteiger partial charge in [-0.15, -0.1) is 24.0 Å². The van der Waals surface area contributed by atoms with E-state index in [2.05, 4.69) is 41.1 Å². The van der Waals surface area contributed by atoms with Crippen molar-refractivity contribution in [1.82, 2.24) is 15.1 Å². The van der Waals surface area contributed by atoms with Gasteiger partial charge in [0.15, 0.2) is 5.96 Å². The maximum Gasteiger partial charge on any atom is 0.193 e. The van der Waals surface area contributed by atoms with Gasteiger partial charge >= 0.3 is 0 Å². The molecule has 1 atom stereocenters. The minimum atomic E-state index is 0. The average molecular weight is 450 g/mol. The zero-order valence-corrected chi connectivity index (χ0v) is 17.5. The Hall–Kier alpha value is -0.800. The third-order valence-corrected chi connectivity index (χ3v) is 4.30. The summed E-state index contributed by atoms with van der Waals surface area (Å²) in [7, 11) is 5.96. The lowest BCUT2D eigenvalue weighted by Crippen LogP contribution is -2.48. The lowest BCUT2D eigenvalue weighted by Gasteiger charge is -2.34. The van der Waals surface area contributed by atoms with Crippen molar-refractivity contribution in [3.05, 3.63) is 24.2 Å². The van der Waals surface area contributed by atoms with Crippen LogP contribution in [0.25, 0.3) is 0 Å². The van der Waals surface area contributed by atoms with Gasteiger partial charge in [0.05, 0.1) is 18.4 Å². The molecule has 0 saturated carbocycles. The van der Waals surface area contributed by atoms with E-state index in [0.29, 0.717) is 6.10 Å². The van der Waals surface area contributed by atoms with E-state index >= 15 is 0 Å². The minimum absolute atomic E-state index is 0. The van der Waals surface area contributed by atoms with Crippen LogP contribution >= 0.6 is 24.0 Å². The monoisotopic (exact) mass is 450 g/mol. The zero-order valence-electron chi connectivity index (χ0n) is 15.2. The number of halogens is 1. The van der Waals surface area contributed by atoms with Crippen molar-refractivity contribution in [3.8, 4) is 0 Å². The van der Waals surface area contributed by atoms with Gasteiger partial charge in [-0.3, -0.25) is 9.89 Å². The summed E-state index contributed by atoms with van der Waals surface area (Å²) in [5.41, 5.74) is 0. The van der Waals surface area contributed by atoms with Crippen LogP contribution in [0, 0.1) is 0 Å². The summed E-state index contributed by atoms with van der Waals surface area (Å²) >= 11 is 0. The molecule has 0 spiro atoms. The quantitative estimate of drug-likeness (QED) is 0.410. The number of hydrogen-bond donors (Lipinski definition) is 1. The van der Waals surface area contributed by atoms with Crippen LogP contribution < -0.4 is 5.32 Å². The van der Waals surface area contributed by atoms with Gasteiger partial charge < -0.3 is 19.4 Å². The normalized spacial score (nSPS) is 17.7. The van der Waals surface area contributed by atoms with Crippen molar-refractivity contribution in [2.75, 3.05) is 47.4 Å². The first-order valence-corrected chi connectivity index (χ1v) is 8.42. The molecule has 1 N–H and O–H groups in total. The topological polar surface area (TPSA) is 53.2 Å². The first-order valence-electron chi connectivity index (χ1n) is 8.42. The van der Waals surface area contributed by atoms with Crippen LogP contribution in [0.4, 0.5) is 0 Å².